The van der Waals surface area contributed by atoms with Gasteiger partial charge in [0.1, 0.15) is 5.69 Å². The number of carbonyl (C=O) groups excluding carboxylic acids is 1. The van der Waals surface area contributed by atoms with Crippen molar-refractivity contribution in [1.82, 2.24) is 4.98 Å². The van der Waals surface area contributed by atoms with Crippen molar-refractivity contribution in [3.8, 4) is 0 Å². The average Bonchev–Trinajstić information content (AvgIpc) is 2.38. The molecule has 0 saturated carbocycles. The third-order valence-corrected chi connectivity index (χ3v) is 2.58. The van der Waals surface area contributed by atoms with Crippen LogP contribution in [-0.2, 0) is 0 Å². The summed E-state index contributed by atoms with van der Waals surface area (Å²) < 4.78 is 0. The van der Waals surface area contributed by atoms with Crippen molar-refractivity contribution in [2.75, 3.05) is 24.6 Å². The van der Waals surface area contributed by atoms with Gasteiger partial charge in [-0.3, -0.25) is 9.78 Å². The lowest BCUT2D eigenvalue weighted by Gasteiger charge is -2.22. The summed E-state index contributed by atoms with van der Waals surface area (Å²) in [6.45, 7) is 5.51. The number of aliphatic hydroxyl groups excluding tert-OH is 1. The molecule has 0 radical (unpaired) electrons. The summed E-state index contributed by atoms with van der Waals surface area (Å²) in [5.74, 6) is 0.0562. The van der Waals surface area contributed by atoms with Crippen molar-refractivity contribution >= 4 is 11.5 Å². The highest BCUT2D eigenvalue weighted by Crippen LogP contribution is 2.14. The van der Waals surface area contributed by atoms with Crippen LogP contribution in [0.25, 0.3) is 0 Å². The molecule has 94 valence electrons. The normalized spacial score (nSPS) is 10.3. The predicted octanol–water partition coefficient (Wildman–Crippen LogP) is 1.88. The zero-order valence-corrected chi connectivity index (χ0v) is 10.5. The molecule has 17 heavy (non-hydrogen) atoms. The van der Waals surface area contributed by atoms with Crippen LogP contribution in [0.2, 0.25) is 0 Å². The van der Waals surface area contributed by atoms with Crippen LogP contribution in [0.15, 0.2) is 18.3 Å². The Hall–Kier alpha value is -1.42. The largest absolute Gasteiger partial charge is 0.395 e. The highest BCUT2D eigenvalue weighted by molar-refractivity contribution is 5.94. The van der Waals surface area contributed by atoms with Crippen LogP contribution in [0, 0.1) is 0 Å². The van der Waals surface area contributed by atoms with E-state index < -0.39 is 0 Å². The molecule has 1 aromatic rings. The van der Waals surface area contributed by atoms with E-state index >= 15 is 0 Å². The van der Waals surface area contributed by atoms with E-state index in [4.69, 9.17) is 5.11 Å². The number of pyridine rings is 1. The molecule has 0 fully saturated rings. The van der Waals surface area contributed by atoms with Crippen LogP contribution in [-0.4, -0.2) is 35.6 Å². The van der Waals surface area contributed by atoms with E-state index in [-0.39, 0.29) is 12.4 Å². The fraction of sp³-hybridized carbons (Fsp3) is 0.538. The summed E-state index contributed by atoms with van der Waals surface area (Å²) in [5, 5.41) is 8.99. The fourth-order valence-corrected chi connectivity index (χ4v) is 1.68. The molecule has 0 bridgehead atoms. The van der Waals surface area contributed by atoms with Crippen molar-refractivity contribution in [3.63, 3.8) is 0 Å². The van der Waals surface area contributed by atoms with Gasteiger partial charge in [0.25, 0.3) is 0 Å². The summed E-state index contributed by atoms with van der Waals surface area (Å²) in [6, 6.07) is 3.64. The molecule has 1 N–H and O–H groups in total. The molecule has 0 aliphatic carbocycles. The van der Waals surface area contributed by atoms with Crippen molar-refractivity contribution < 1.29 is 9.90 Å². The number of hydrogen-bond donors (Lipinski definition) is 1. The number of hydrogen-bond acceptors (Lipinski definition) is 4. The molecule has 0 spiro atoms. The first kappa shape index (κ1) is 13.6. The summed E-state index contributed by atoms with van der Waals surface area (Å²) >= 11 is 0. The van der Waals surface area contributed by atoms with Gasteiger partial charge in [-0.2, -0.15) is 0 Å². The molecule has 0 atom stereocenters. The van der Waals surface area contributed by atoms with E-state index in [2.05, 4.69) is 16.8 Å². The lowest BCUT2D eigenvalue weighted by Crippen LogP contribution is -2.27. The molecular weight excluding hydrogens is 216 g/mol. The second kappa shape index (κ2) is 7.01. The summed E-state index contributed by atoms with van der Waals surface area (Å²) in [7, 11) is 0. The molecule has 0 aliphatic rings. The Bertz CT molecular complexity index is 343. The zero-order valence-electron chi connectivity index (χ0n) is 10.5. The molecule has 4 nitrogen and oxygen atoms in total. The zero-order chi connectivity index (χ0) is 12.7. The van der Waals surface area contributed by atoms with Gasteiger partial charge in [-0.15, -0.1) is 0 Å². The molecule has 1 heterocycles. The second-order valence-corrected chi connectivity index (χ2v) is 3.89. The summed E-state index contributed by atoms with van der Waals surface area (Å²) in [6.07, 6.45) is 3.19. The Kier molecular flexibility index (Phi) is 5.63. The first-order chi connectivity index (χ1) is 8.22. The van der Waals surface area contributed by atoms with E-state index in [1.165, 1.54) is 0 Å². The topological polar surface area (TPSA) is 53.4 Å². The maximum atomic E-state index is 11.4. The first-order valence-electron chi connectivity index (χ1n) is 6.08. The number of anilines is 1. The van der Waals surface area contributed by atoms with Gasteiger partial charge in [0.2, 0.25) is 0 Å². The van der Waals surface area contributed by atoms with Gasteiger partial charge in [-0.25, -0.2) is 0 Å². The predicted molar refractivity (Wildman–Crippen MR) is 68.4 cm³/mol. The molecular formula is C13H20N2O2. The van der Waals surface area contributed by atoms with E-state index in [9.17, 15) is 4.79 Å². The molecule has 0 unspecified atom stereocenters. The number of aromatic nitrogens is 1. The first-order valence-corrected chi connectivity index (χ1v) is 6.08. The number of aliphatic hydroxyl groups is 1. The highest BCUT2D eigenvalue weighted by atomic mass is 16.3. The highest BCUT2D eigenvalue weighted by Gasteiger charge is 2.08. The third-order valence-electron chi connectivity index (χ3n) is 2.58. The standard InChI is InChI=1S/C13H20N2O2/c1-3-7-15(8-9-16)11-5-6-12(14-10-11)13(17)4-2/h5-6,10,16H,3-4,7-9H2,1-2H3. The van der Waals surface area contributed by atoms with E-state index in [1.807, 2.05) is 13.0 Å². The van der Waals surface area contributed by atoms with Crippen LogP contribution in [0.4, 0.5) is 5.69 Å². The summed E-state index contributed by atoms with van der Waals surface area (Å²) in [5.41, 5.74) is 1.46. The molecule has 0 saturated heterocycles. The third kappa shape index (κ3) is 3.82. The Labute approximate surface area is 102 Å². The minimum atomic E-state index is 0.0562. The molecule has 1 aromatic heterocycles. The lowest BCUT2D eigenvalue weighted by atomic mass is 10.2. The molecule has 1 rings (SSSR count). The molecule has 4 heteroatoms. The average molecular weight is 236 g/mol. The number of nitrogens with zero attached hydrogens (tertiary/aromatic N) is 2. The van der Waals surface area contributed by atoms with Gasteiger partial charge in [-0.1, -0.05) is 13.8 Å². The van der Waals surface area contributed by atoms with Crippen molar-refractivity contribution in [3.05, 3.63) is 24.0 Å². The monoisotopic (exact) mass is 236 g/mol. The molecule has 0 amide bonds. The van der Waals surface area contributed by atoms with E-state index in [0.717, 1.165) is 18.7 Å². The van der Waals surface area contributed by atoms with Crippen LogP contribution in [0.1, 0.15) is 37.2 Å². The maximum Gasteiger partial charge on any atom is 0.180 e. The van der Waals surface area contributed by atoms with E-state index in [0.29, 0.717) is 18.7 Å². The van der Waals surface area contributed by atoms with Gasteiger partial charge in [-0.05, 0) is 18.6 Å². The van der Waals surface area contributed by atoms with Crippen molar-refractivity contribution in [2.45, 2.75) is 26.7 Å². The molecule has 0 aromatic carbocycles. The Balaban J connectivity index is 2.80. The number of Topliss-reactive ketones (excluding diaryl/α,β-unsaturated/α-hetero) is 1. The van der Waals surface area contributed by atoms with Gasteiger partial charge < -0.3 is 10.0 Å². The van der Waals surface area contributed by atoms with Crippen LogP contribution < -0.4 is 4.90 Å². The molecule has 0 aliphatic heterocycles. The van der Waals surface area contributed by atoms with Gasteiger partial charge in [0, 0.05) is 19.5 Å². The number of carbonyl (C=O) groups is 1. The van der Waals surface area contributed by atoms with Gasteiger partial charge >= 0.3 is 0 Å². The van der Waals surface area contributed by atoms with E-state index in [1.54, 1.807) is 12.3 Å². The van der Waals surface area contributed by atoms with Crippen LogP contribution >= 0.6 is 0 Å². The number of rotatable bonds is 7. The SMILES string of the molecule is CCCN(CCO)c1ccc(C(=O)CC)nc1. The lowest BCUT2D eigenvalue weighted by molar-refractivity contribution is 0.0983. The quantitative estimate of drug-likeness (QED) is 0.734. The fourth-order valence-electron chi connectivity index (χ4n) is 1.68. The summed E-state index contributed by atoms with van der Waals surface area (Å²) in [4.78, 5) is 17.7. The minimum Gasteiger partial charge on any atom is -0.395 e. The number of ketones is 1. The van der Waals surface area contributed by atoms with Crippen LogP contribution in [0.5, 0.6) is 0 Å². The van der Waals surface area contributed by atoms with Crippen LogP contribution in [0.3, 0.4) is 0 Å². The van der Waals surface area contributed by atoms with Gasteiger partial charge in [0.15, 0.2) is 5.78 Å². The Morgan fingerprint density at radius 1 is 1.35 bits per heavy atom. The Morgan fingerprint density at radius 3 is 2.59 bits per heavy atom. The van der Waals surface area contributed by atoms with Gasteiger partial charge in [0.05, 0.1) is 18.5 Å². The minimum absolute atomic E-state index is 0.0562. The van der Waals surface area contributed by atoms with Crippen molar-refractivity contribution in [2.24, 2.45) is 0 Å². The smallest absolute Gasteiger partial charge is 0.180 e. The maximum absolute atomic E-state index is 11.4. The van der Waals surface area contributed by atoms with Crippen molar-refractivity contribution in [1.29, 1.82) is 0 Å². The Morgan fingerprint density at radius 2 is 2.12 bits per heavy atom. The second-order valence-electron chi connectivity index (χ2n) is 3.89.